The summed E-state index contributed by atoms with van der Waals surface area (Å²) in [7, 11) is 0. The summed E-state index contributed by atoms with van der Waals surface area (Å²) in [5.74, 6) is -0.107. The molecule has 0 atom stereocenters. The molecule has 1 aromatic rings. The Kier molecular flexibility index (Phi) is 24.7. The molecule has 1 heterocycles. The van der Waals surface area contributed by atoms with Gasteiger partial charge in [-0.2, -0.15) is 0 Å². The highest BCUT2D eigenvalue weighted by Gasteiger charge is 2.44. The molecule has 0 saturated carbocycles. The average Bonchev–Trinajstić information content (AvgIpc) is 3.35. The molecule has 0 aromatic heterocycles. The van der Waals surface area contributed by atoms with E-state index in [-0.39, 0.29) is 5.97 Å². The van der Waals surface area contributed by atoms with Gasteiger partial charge >= 0.3 is 5.97 Å². The molecule has 262 valence electrons. The van der Waals surface area contributed by atoms with Crippen molar-refractivity contribution in [3.8, 4) is 0 Å². The van der Waals surface area contributed by atoms with Gasteiger partial charge in [0.25, 0.3) is 0 Å². The zero-order chi connectivity index (χ0) is 32.8. The van der Waals surface area contributed by atoms with Gasteiger partial charge in [-0.05, 0) is 83.1 Å². The van der Waals surface area contributed by atoms with Crippen molar-refractivity contribution in [3.63, 3.8) is 0 Å². The molecule has 1 aromatic carbocycles. The zero-order valence-corrected chi connectivity index (χ0v) is 30.6. The molecule has 0 spiro atoms. The van der Waals surface area contributed by atoms with E-state index in [1.807, 2.05) is 12.1 Å². The number of carbonyl (C=O) groups excluding carboxylic acids is 1. The van der Waals surface area contributed by atoms with Crippen molar-refractivity contribution in [2.75, 3.05) is 0 Å². The highest BCUT2D eigenvalue weighted by molar-refractivity contribution is 5.94. The number of hydrogen-bond donors (Lipinski definition) is 0. The predicted octanol–water partition coefficient (Wildman–Crippen LogP) is 14.9. The first kappa shape index (κ1) is 40.3. The van der Waals surface area contributed by atoms with Crippen molar-refractivity contribution < 1.29 is 9.53 Å². The highest BCUT2D eigenvalue weighted by atomic mass is 16.6. The minimum absolute atomic E-state index is 0.107. The fraction of sp³-hybridized carbons (Fsp3) is 0.750. The maximum absolute atomic E-state index is 12.8. The van der Waals surface area contributed by atoms with Crippen LogP contribution in [0.25, 0.3) is 0 Å². The molecule has 0 bridgehead atoms. The summed E-state index contributed by atoms with van der Waals surface area (Å²) in [6, 6.07) is 8.17. The van der Waals surface area contributed by atoms with Crippen molar-refractivity contribution in [1.82, 2.24) is 0 Å². The first-order chi connectivity index (χ1) is 22.7. The van der Waals surface area contributed by atoms with E-state index >= 15 is 0 Å². The van der Waals surface area contributed by atoms with Gasteiger partial charge in [0.2, 0.25) is 0 Å². The van der Waals surface area contributed by atoms with Crippen molar-refractivity contribution >= 4 is 5.97 Å². The van der Waals surface area contributed by atoms with E-state index in [1.165, 1.54) is 167 Å². The lowest BCUT2D eigenvalue weighted by Gasteiger charge is -2.29. The first-order valence-electron chi connectivity index (χ1n) is 20.4. The molecule has 1 aliphatic heterocycles. The van der Waals surface area contributed by atoms with E-state index in [0.717, 1.165) is 36.8 Å². The third-order valence-corrected chi connectivity index (χ3v) is 10.1. The molecule has 0 N–H and O–H groups in total. The number of esters is 1. The van der Waals surface area contributed by atoms with Gasteiger partial charge in [0.05, 0.1) is 5.56 Å². The van der Waals surface area contributed by atoms with E-state index < -0.39 is 5.60 Å². The van der Waals surface area contributed by atoms with Crippen LogP contribution in [0.2, 0.25) is 0 Å². The van der Waals surface area contributed by atoms with Gasteiger partial charge in [-0.3, -0.25) is 0 Å². The highest BCUT2D eigenvalue weighted by Crippen LogP contribution is 2.44. The van der Waals surface area contributed by atoms with Gasteiger partial charge in [-0.1, -0.05) is 172 Å². The van der Waals surface area contributed by atoms with Crippen molar-refractivity contribution in [2.24, 2.45) is 0 Å². The second-order valence-electron chi connectivity index (χ2n) is 14.3. The average molecular weight is 635 g/mol. The Morgan fingerprint density at radius 2 is 0.826 bits per heavy atom. The topological polar surface area (TPSA) is 26.3 Å². The standard InChI is InChI=1S/C44H74O2/c1-3-5-7-9-11-13-15-17-19-21-23-25-27-29-31-35-39-44(42-38-34-33-37-41(42)43(45)46-44)40-36-32-30-28-26-24-22-20-18-16-14-12-10-8-6-4-2/h17-20,33-34,37-38H,3-16,21-32,35-36,39-40H2,1-2H3/b19-17-,20-18-. The minimum Gasteiger partial charge on any atom is -0.451 e. The molecule has 0 unspecified atom stereocenters. The fourth-order valence-corrected chi connectivity index (χ4v) is 7.16. The summed E-state index contributed by atoms with van der Waals surface area (Å²) in [5.41, 5.74) is 1.56. The van der Waals surface area contributed by atoms with Crippen LogP contribution >= 0.6 is 0 Å². The smallest absolute Gasteiger partial charge is 0.339 e. The van der Waals surface area contributed by atoms with E-state index in [2.05, 4.69) is 50.3 Å². The molecular formula is C44H74O2. The molecule has 2 rings (SSSR count). The van der Waals surface area contributed by atoms with Crippen molar-refractivity contribution in [1.29, 1.82) is 0 Å². The van der Waals surface area contributed by atoms with Crippen molar-refractivity contribution in [3.05, 3.63) is 59.7 Å². The summed E-state index contributed by atoms with van der Waals surface area (Å²) < 4.78 is 6.21. The molecule has 0 saturated heterocycles. The number of ether oxygens (including phenoxy) is 1. The summed E-state index contributed by atoms with van der Waals surface area (Å²) in [4.78, 5) is 12.8. The summed E-state index contributed by atoms with van der Waals surface area (Å²) in [6.45, 7) is 4.57. The van der Waals surface area contributed by atoms with Crippen LogP contribution in [0.4, 0.5) is 0 Å². The Bertz CT molecular complexity index is 870. The summed E-state index contributed by atoms with van der Waals surface area (Å²) in [6.07, 6.45) is 48.5. The van der Waals surface area contributed by atoms with E-state index in [9.17, 15) is 4.79 Å². The number of allylic oxidation sites excluding steroid dienone is 4. The van der Waals surface area contributed by atoms with Gasteiger partial charge in [0.1, 0.15) is 5.60 Å². The quantitative estimate of drug-likeness (QED) is 0.0448. The zero-order valence-electron chi connectivity index (χ0n) is 30.6. The molecule has 2 nitrogen and oxygen atoms in total. The largest absolute Gasteiger partial charge is 0.451 e. The van der Waals surface area contributed by atoms with Crippen LogP contribution in [0.1, 0.15) is 222 Å². The maximum atomic E-state index is 12.8. The van der Waals surface area contributed by atoms with Gasteiger partial charge in [0, 0.05) is 5.56 Å². The minimum atomic E-state index is -0.394. The third kappa shape index (κ3) is 18.5. The Balaban J connectivity index is 1.55. The van der Waals surface area contributed by atoms with E-state index in [1.54, 1.807) is 0 Å². The molecule has 2 heteroatoms. The van der Waals surface area contributed by atoms with Crippen LogP contribution < -0.4 is 0 Å². The summed E-state index contributed by atoms with van der Waals surface area (Å²) in [5, 5.41) is 0. The monoisotopic (exact) mass is 635 g/mol. The molecule has 46 heavy (non-hydrogen) atoms. The van der Waals surface area contributed by atoms with Gasteiger partial charge in [0.15, 0.2) is 0 Å². The Morgan fingerprint density at radius 1 is 0.478 bits per heavy atom. The Morgan fingerprint density at radius 3 is 1.24 bits per heavy atom. The molecule has 0 fully saturated rings. The lowest BCUT2D eigenvalue weighted by Crippen LogP contribution is -2.26. The third-order valence-electron chi connectivity index (χ3n) is 10.1. The molecule has 0 amide bonds. The normalized spacial score (nSPS) is 14.1. The number of rotatable bonds is 32. The van der Waals surface area contributed by atoms with E-state index in [0.29, 0.717) is 0 Å². The number of benzene rings is 1. The Hall–Kier alpha value is -1.83. The second kappa shape index (κ2) is 28.2. The summed E-state index contributed by atoms with van der Waals surface area (Å²) >= 11 is 0. The lowest BCUT2D eigenvalue weighted by atomic mass is 9.83. The van der Waals surface area contributed by atoms with Crippen molar-refractivity contribution in [2.45, 2.75) is 212 Å². The Labute approximate surface area is 286 Å². The molecule has 0 aliphatic carbocycles. The first-order valence-corrected chi connectivity index (χ1v) is 20.4. The molecule has 0 radical (unpaired) electrons. The van der Waals surface area contributed by atoms with Crippen LogP contribution in [0.5, 0.6) is 0 Å². The number of unbranched alkanes of at least 4 members (excludes halogenated alkanes) is 24. The van der Waals surface area contributed by atoms with E-state index in [4.69, 9.17) is 4.74 Å². The van der Waals surface area contributed by atoms with Gasteiger partial charge in [-0.15, -0.1) is 0 Å². The molecular weight excluding hydrogens is 560 g/mol. The SMILES string of the molecule is CCCCCCCC/C=C\CCCCCCCCC1(CCCCCCCC/C=C\CCCCCCCC)OC(=O)c2ccccc21. The maximum Gasteiger partial charge on any atom is 0.339 e. The van der Waals surface area contributed by atoms with Crippen LogP contribution in [-0.2, 0) is 10.3 Å². The number of hydrogen-bond acceptors (Lipinski definition) is 2. The number of cyclic esters (lactones) is 1. The lowest BCUT2D eigenvalue weighted by molar-refractivity contribution is -0.0202. The van der Waals surface area contributed by atoms with Gasteiger partial charge < -0.3 is 4.74 Å². The van der Waals surface area contributed by atoms with Crippen LogP contribution in [0.3, 0.4) is 0 Å². The number of fused-ring (bicyclic) bond motifs is 1. The fourth-order valence-electron chi connectivity index (χ4n) is 7.16. The van der Waals surface area contributed by atoms with Crippen LogP contribution in [0.15, 0.2) is 48.6 Å². The van der Waals surface area contributed by atoms with Crippen LogP contribution in [-0.4, -0.2) is 5.97 Å². The van der Waals surface area contributed by atoms with Gasteiger partial charge in [-0.25, -0.2) is 4.79 Å². The number of carbonyl (C=O) groups is 1. The second-order valence-corrected chi connectivity index (χ2v) is 14.3. The molecule has 1 aliphatic rings. The van der Waals surface area contributed by atoms with Crippen LogP contribution in [0, 0.1) is 0 Å². The predicted molar refractivity (Wildman–Crippen MR) is 202 cm³/mol.